The zero-order valence-electron chi connectivity index (χ0n) is 13.1. The summed E-state index contributed by atoms with van der Waals surface area (Å²) < 4.78 is 0. The molecule has 0 aliphatic heterocycles. The summed E-state index contributed by atoms with van der Waals surface area (Å²) in [7, 11) is 0. The Labute approximate surface area is 111 Å². The molecule has 2 unspecified atom stereocenters. The molecule has 0 heterocycles. The van der Waals surface area contributed by atoms with Gasteiger partial charge >= 0.3 is 0 Å². The Hall–Kier alpha value is 0. The van der Waals surface area contributed by atoms with Crippen LogP contribution in [0.15, 0.2) is 0 Å². The van der Waals surface area contributed by atoms with Crippen molar-refractivity contribution in [3.8, 4) is 0 Å². The molecule has 0 aromatic rings. The van der Waals surface area contributed by atoms with Crippen molar-refractivity contribution >= 4 is 0 Å². The summed E-state index contributed by atoms with van der Waals surface area (Å²) in [5, 5.41) is 0. The van der Waals surface area contributed by atoms with E-state index in [-0.39, 0.29) is 0 Å². The maximum absolute atomic E-state index is 2.54. The summed E-state index contributed by atoms with van der Waals surface area (Å²) in [6, 6.07) is 0. The van der Waals surface area contributed by atoms with E-state index < -0.39 is 0 Å². The topological polar surface area (TPSA) is 0 Å². The van der Waals surface area contributed by atoms with E-state index in [1.165, 1.54) is 64.2 Å². The van der Waals surface area contributed by atoms with Gasteiger partial charge in [-0.3, -0.25) is 0 Å². The molecule has 0 N–H and O–H groups in total. The fraction of sp³-hybridized carbons (Fsp3) is 1.00. The van der Waals surface area contributed by atoms with Gasteiger partial charge in [0.25, 0.3) is 0 Å². The lowest BCUT2D eigenvalue weighted by Crippen LogP contribution is -2.26. The molecular formula is C17H36. The summed E-state index contributed by atoms with van der Waals surface area (Å²) in [5.74, 6) is 0.967. The van der Waals surface area contributed by atoms with E-state index in [1.54, 1.807) is 0 Å². The van der Waals surface area contributed by atoms with Gasteiger partial charge in [0.05, 0.1) is 0 Å². The van der Waals surface area contributed by atoms with Crippen LogP contribution in [0.2, 0.25) is 0 Å². The Morgan fingerprint density at radius 1 is 0.765 bits per heavy atom. The minimum atomic E-state index is 0.608. The summed E-state index contributed by atoms with van der Waals surface area (Å²) in [6.45, 7) is 11.9. The average Bonchev–Trinajstić information content (AvgIpc) is 2.33. The molecule has 0 aliphatic carbocycles. The first-order chi connectivity index (χ1) is 8.14. The molecule has 17 heavy (non-hydrogen) atoms. The SMILES string of the molecule is CCCCCCC(CCC)C(C)(CC)CCC. The number of hydrogen-bond acceptors (Lipinski definition) is 0. The second kappa shape index (κ2) is 9.97. The van der Waals surface area contributed by atoms with Gasteiger partial charge in [0, 0.05) is 0 Å². The molecule has 0 fully saturated rings. The van der Waals surface area contributed by atoms with Gasteiger partial charge in [-0.2, -0.15) is 0 Å². The molecule has 0 heteroatoms. The molecule has 0 aromatic carbocycles. The van der Waals surface area contributed by atoms with Crippen molar-refractivity contribution in [1.29, 1.82) is 0 Å². The van der Waals surface area contributed by atoms with Crippen molar-refractivity contribution in [1.82, 2.24) is 0 Å². The standard InChI is InChI=1S/C17H36/c1-6-10-11-12-14-16(13-7-2)17(5,9-4)15-8-3/h16H,6-15H2,1-5H3. The van der Waals surface area contributed by atoms with Crippen LogP contribution in [0.25, 0.3) is 0 Å². The molecule has 0 saturated carbocycles. The second-order valence-corrected chi connectivity index (χ2v) is 6.09. The highest BCUT2D eigenvalue weighted by molar-refractivity contribution is 4.81. The molecule has 0 rings (SSSR count). The van der Waals surface area contributed by atoms with Gasteiger partial charge in [-0.15, -0.1) is 0 Å². The van der Waals surface area contributed by atoms with Crippen LogP contribution in [-0.4, -0.2) is 0 Å². The largest absolute Gasteiger partial charge is 0.0654 e. The first-order valence-electron chi connectivity index (χ1n) is 8.14. The molecule has 0 spiro atoms. The first kappa shape index (κ1) is 17.0. The van der Waals surface area contributed by atoms with Gasteiger partial charge < -0.3 is 0 Å². The van der Waals surface area contributed by atoms with Crippen molar-refractivity contribution in [2.24, 2.45) is 11.3 Å². The van der Waals surface area contributed by atoms with E-state index in [0.29, 0.717) is 5.41 Å². The molecule has 0 aromatic heterocycles. The third-order valence-corrected chi connectivity index (χ3v) is 4.66. The van der Waals surface area contributed by atoms with Gasteiger partial charge in [-0.25, -0.2) is 0 Å². The van der Waals surface area contributed by atoms with E-state index in [0.717, 1.165) is 5.92 Å². The van der Waals surface area contributed by atoms with Crippen LogP contribution in [0.4, 0.5) is 0 Å². The highest BCUT2D eigenvalue weighted by Gasteiger charge is 2.30. The van der Waals surface area contributed by atoms with Crippen molar-refractivity contribution in [2.45, 2.75) is 98.8 Å². The Morgan fingerprint density at radius 2 is 1.47 bits per heavy atom. The Kier molecular flexibility index (Phi) is 9.97. The maximum Gasteiger partial charge on any atom is -0.0300 e. The molecule has 0 amide bonds. The zero-order valence-corrected chi connectivity index (χ0v) is 13.1. The van der Waals surface area contributed by atoms with Crippen LogP contribution in [-0.2, 0) is 0 Å². The van der Waals surface area contributed by atoms with Gasteiger partial charge in [-0.05, 0) is 24.2 Å². The monoisotopic (exact) mass is 240 g/mol. The third kappa shape index (κ3) is 6.48. The summed E-state index contributed by atoms with van der Waals surface area (Å²) in [4.78, 5) is 0. The van der Waals surface area contributed by atoms with E-state index in [2.05, 4.69) is 34.6 Å². The highest BCUT2D eigenvalue weighted by atomic mass is 14.4. The Morgan fingerprint density at radius 3 is 1.94 bits per heavy atom. The van der Waals surface area contributed by atoms with Crippen LogP contribution >= 0.6 is 0 Å². The second-order valence-electron chi connectivity index (χ2n) is 6.09. The van der Waals surface area contributed by atoms with Crippen molar-refractivity contribution in [3.05, 3.63) is 0 Å². The molecular weight excluding hydrogens is 204 g/mol. The highest BCUT2D eigenvalue weighted by Crippen LogP contribution is 2.41. The number of hydrogen-bond donors (Lipinski definition) is 0. The minimum absolute atomic E-state index is 0.608. The van der Waals surface area contributed by atoms with Gasteiger partial charge in [0.1, 0.15) is 0 Å². The first-order valence-corrected chi connectivity index (χ1v) is 8.14. The van der Waals surface area contributed by atoms with Crippen molar-refractivity contribution in [3.63, 3.8) is 0 Å². The predicted octanol–water partition coefficient (Wildman–Crippen LogP) is 6.59. The Bertz CT molecular complexity index is 161. The maximum atomic E-state index is 2.54. The van der Waals surface area contributed by atoms with Crippen LogP contribution < -0.4 is 0 Å². The lowest BCUT2D eigenvalue weighted by Gasteiger charge is -2.37. The molecule has 104 valence electrons. The van der Waals surface area contributed by atoms with Crippen LogP contribution in [0.1, 0.15) is 98.8 Å². The van der Waals surface area contributed by atoms with E-state index in [9.17, 15) is 0 Å². The quantitative estimate of drug-likeness (QED) is 0.357. The summed E-state index contributed by atoms with van der Waals surface area (Å²) in [5.41, 5.74) is 0.608. The van der Waals surface area contributed by atoms with Gasteiger partial charge in [0.15, 0.2) is 0 Å². The average molecular weight is 240 g/mol. The van der Waals surface area contributed by atoms with Crippen molar-refractivity contribution in [2.75, 3.05) is 0 Å². The summed E-state index contributed by atoms with van der Waals surface area (Å²) >= 11 is 0. The van der Waals surface area contributed by atoms with E-state index in [4.69, 9.17) is 0 Å². The van der Waals surface area contributed by atoms with Crippen molar-refractivity contribution < 1.29 is 0 Å². The molecule has 0 bridgehead atoms. The molecule has 0 radical (unpaired) electrons. The number of rotatable bonds is 11. The van der Waals surface area contributed by atoms with Crippen LogP contribution in [0, 0.1) is 11.3 Å². The lowest BCUT2D eigenvalue weighted by atomic mass is 9.68. The fourth-order valence-electron chi connectivity index (χ4n) is 3.25. The van der Waals surface area contributed by atoms with Gasteiger partial charge in [-0.1, -0.05) is 86.0 Å². The number of unbranched alkanes of at least 4 members (excludes halogenated alkanes) is 3. The van der Waals surface area contributed by atoms with Gasteiger partial charge in [0.2, 0.25) is 0 Å². The van der Waals surface area contributed by atoms with E-state index in [1.807, 2.05) is 0 Å². The Balaban J connectivity index is 4.25. The molecule has 0 nitrogen and oxygen atoms in total. The molecule has 0 aliphatic rings. The third-order valence-electron chi connectivity index (χ3n) is 4.66. The lowest BCUT2D eigenvalue weighted by molar-refractivity contribution is 0.135. The molecule has 2 atom stereocenters. The summed E-state index contributed by atoms with van der Waals surface area (Å²) in [6.07, 6.45) is 14.1. The normalized spacial score (nSPS) is 16.8. The fourth-order valence-corrected chi connectivity index (χ4v) is 3.25. The zero-order chi connectivity index (χ0) is 13.1. The van der Waals surface area contributed by atoms with Crippen LogP contribution in [0.5, 0.6) is 0 Å². The minimum Gasteiger partial charge on any atom is -0.0654 e. The molecule has 0 saturated heterocycles. The van der Waals surface area contributed by atoms with E-state index >= 15 is 0 Å². The smallest absolute Gasteiger partial charge is 0.0300 e. The predicted molar refractivity (Wildman–Crippen MR) is 80.5 cm³/mol. The van der Waals surface area contributed by atoms with Crippen LogP contribution in [0.3, 0.4) is 0 Å².